The first kappa shape index (κ1) is 21.5. The number of hydrazone groups is 2. The van der Waals surface area contributed by atoms with Gasteiger partial charge in [0, 0.05) is 12.1 Å². The molecule has 0 saturated carbocycles. The number of carbonyl (C=O) groups excluding carboxylic acids is 1. The molecule has 0 saturated heterocycles. The molecule has 0 radical (unpaired) electrons. The molecule has 0 amide bonds. The van der Waals surface area contributed by atoms with Gasteiger partial charge in [0.25, 0.3) is 0 Å². The summed E-state index contributed by atoms with van der Waals surface area (Å²) in [5.41, 5.74) is 11.0. The van der Waals surface area contributed by atoms with E-state index < -0.39 is 5.97 Å². The van der Waals surface area contributed by atoms with Crippen LogP contribution in [0.4, 0.5) is 5.69 Å². The van der Waals surface area contributed by atoms with Gasteiger partial charge in [0.2, 0.25) is 0 Å². The molecule has 26 heavy (non-hydrogen) atoms. The Morgan fingerprint density at radius 2 is 1.92 bits per heavy atom. The number of hydrogen-bond donors (Lipinski definition) is 3. The summed E-state index contributed by atoms with van der Waals surface area (Å²) in [4.78, 5) is 12.1. The molecule has 0 aromatic heterocycles. The van der Waals surface area contributed by atoms with Crippen molar-refractivity contribution in [2.75, 3.05) is 26.3 Å². The molecule has 0 bridgehead atoms. The van der Waals surface area contributed by atoms with E-state index in [1.165, 1.54) is 14.2 Å². The maximum atomic E-state index is 12.1. The second-order valence-corrected chi connectivity index (χ2v) is 5.50. The van der Waals surface area contributed by atoms with Crippen LogP contribution in [-0.2, 0) is 9.53 Å². The lowest BCUT2D eigenvalue weighted by Gasteiger charge is -2.12. The summed E-state index contributed by atoms with van der Waals surface area (Å²) < 4.78 is 15.4. The second-order valence-electron chi connectivity index (χ2n) is 4.65. The molecule has 0 heterocycles. The van der Waals surface area contributed by atoms with Crippen molar-refractivity contribution in [3.05, 3.63) is 17.2 Å². The largest absolute Gasteiger partial charge is 0.495 e. The fourth-order valence-corrected chi connectivity index (χ4v) is 2.01. The number of esters is 1. The van der Waals surface area contributed by atoms with Crippen LogP contribution in [0.25, 0.3) is 0 Å². The Morgan fingerprint density at radius 1 is 1.27 bits per heavy atom. The Morgan fingerprint density at radius 3 is 2.46 bits per heavy atom. The highest BCUT2D eigenvalue weighted by molar-refractivity contribution is 7.80. The summed E-state index contributed by atoms with van der Waals surface area (Å²) in [5, 5.41) is 8.26. The van der Waals surface area contributed by atoms with Gasteiger partial charge in [-0.2, -0.15) is 10.2 Å². The summed E-state index contributed by atoms with van der Waals surface area (Å²) in [6, 6.07) is 3.13. The van der Waals surface area contributed by atoms with Crippen molar-refractivity contribution < 1.29 is 19.0 Å². The van der Waals surface area contributed by atoms with Crippen LogP contribution in [0.5, 0.6) is 11.5 Å². The molecule has 0 aliphatic carbocycles. The van der Waals surface area contributed by atoms with Gasteiger partial charge >= 0.3 is 5.97 Å². The lowest BCUT2D eigenvalue weighted by Crippen LogP contribution is -2.30. The van der Waals surface area contributed by atoms with Crippen molar-refractivity contribution >= 4 is 52.0 Å². The molecule has 1 aromatic rings. The molecule has 0 aliphatic heterocycles. The van der Waals surface area contributed by atoms with Crippen molar-refractivity contribution in [2.45, 2.75) is 13.8 Å². The fraction of sp³-hybridized carbons (Fsp3) is 0.333. The normalized spacial score (nSPS) is 11.6. The average molecular weight is 402 g/mol. The van der Waals surface area contributed by atoms with Crippen molar-refractivity contribution in [3.8, 4) is 11.5 Å². The highest BCUT2D eigenvalue weighted by atomic mass is 35.5. The number of halogens is 1. The molecule has 0 aliphatic rings. The molecule has 0 unspecified atom stereocenters. The van der Waals surface area contributed by atoms with Crippen LogP contribution in [-0.4, -0.2) is 43.3 Å². The smallest absolute Gasteiger partial charge is 0.360 e. The van der Waals surface area contributed by atoms with Crippen LogP contribution < -0.4 is 26.1 Å². The van der Waals surface area contributed by atoms with Crippen molar-refractivity contribution in [2.24, 2.45) is 15.9 Å². The van der Waals surface area contributed by atoms with Gasteiger partial charge in [0.05, 0.1) is 31.6 Å². The Balaban J connectivity index is 3.23. The van der Waals surface area contributed by atoms with E-state index in [-0.39, 0.29) is 23.1 Å². The predicted molar refractivity (Wildman–Crippen MR) is 105 cm³/mol. The number of thiocarbonyl (C=S) groups is 1. The highest BCUT2D eigenvalue weighted by Gasteiger charge is 2.18. The summed E-state index contributed by atoms with van der Waals surface area (Å²) in [6.07, 6.45) is 0. The first-order valence-electron chi connectivity index (χ1n) is 7.36. The monoisotopic (exact) mass is 401 g/mol. The molecule has 0 atom stereocenters. The van der Waals surface area contributed by atoms with Crippen molar-refractivity contribution in [3.63, 3.8) is 0 Å². The van der Waals surface area contributed by atoms with Gasteiger partial charge in [0.1, 0.15) is 17.2 Å². The topological polar surface area (TPSA) is 120 Å². The maximum absolute atomic E-state index is 12.1. The Hall–Kier alpha value is -2.59. The molecule has 11 heteroatoms. The zero-order chi connectivity index (χ0) is 19.7. The van der Waals surface area contributed by atoms with E-state index in [1.54, 1.807) is 26.0 Å². The lowest BCUT2D eigenvalue weighted by atomic mass is 10.2. The van der Waals surface area contributed by atoms with Crippen LogP contribution in [0.15, 0.2) is 22.3 Å². The lowest BCUT2D eigenvalue weighted by molar-refractivity contribution is -0.134. The number of hydrogen-bond acceptors (Lipinski definition) is 8. The van der Waals surface area contributed by atoms with Gasteiger partial charge in [-0.05, 0) is 26.1 Å². The van der Waals surface area contributed by atoms with Crippen LogP contribution in [0.2, 0.25) is 5.02 Å². The van der Waals surface area contributed by atoms with Gasteiger partial charge in [0.15, 0.2) is 10.8 Å². The standard InChI is InChI=1S/C15H20ClN5O4S/c1-5-25-14(22)13(8(2)18-21-15(17)26)20-19-10-7-11(23-3)9(16)6-12(10)24-4/h6-7,19H,5H2,1-4H3,(H3,17,21,26)/b18-8-,20-13-. The van der Waals surface area contributed by atoms with E-state index in [1.807, 2.05) is 0 Å². The van der Waals surface area contributed by atoms with Crippen LogP contribution in [0, 0.1) is 0 Å². The third kappa shape index (κ3) is 6.05. The minimum absolute atomic E-state index is 0.0513. The summed E-state index contributed by atoms with van der Waals surface area (Å²) in [7, 11) is 2.95. The van der Waals surface area contributed by atoms with Gasteiger partial charge in [-0.25, -0.2) is 4.79 Å². The average Bonchev–Trinajstić information content (AvgIpc) is 2.60. The quantitative estimate of drug-likeness (QED) is 0.261. The fourth-order valence-electron chi connectivity index (χ4n) is 1.73. The van der Waals surface area contributed by atoms with Crippen molar-refractivity contribution in [1.29, 1.82) is 0 Å². The number of benzene rings is 1. The second kappa shape index (κ2) is 10.4. The van der Waals surface area contributed by atoms with Gasteiger partial charge in [-0.1, -0.05) is 11.6 Å². The number of nitrogens with one attached hydrogen (secondary N) is 2. The maximum Gasteiger partial charge on any atom is 0.360 e. The third-order valence-corrected chi connectivity index (χ3v) is 3.29. The minimum atomic E-state index is -0.675. The molecule has 4 N–H and O–H groups in total. The molecule has 0 fully saturated rings. The third-order valence-electron chi connectivity index (χ3n) is 2.91. The Kier molecular flexibility index (Phi) is 8.59. The molecule has 0 spiro atoms. The number of nitrogens with two attached hydrogens (primary N) is 1. The SMILES string of the molecule is CCOC(=O)C(=N\Nc1cc(OC)c(Cl)cc1OC)/C(C)=N\NC(N)=S. The first-order chi connectivity index (χ1) is 12.3. The van der Waals surface area contributed by atoms with E-state index in [0.717, 1.165) is 0 Å². The Labute approximate surface area is 161 Å². The number of rotatable bonds is 8. The molecule has 1 aromatic carbocycles. The van der Waals surface area contributed by atoms with Crippen LogP contribution >= 0.6 is 23.8 Å². The van der Waals surface area contributed by atoms with Crippen LogP contribution in [0.3, 0.4) is 0 Å². The highest BCUT2D eigenvalue weighted by Crippen LogP contribution is 2.35. The van der Waals surface area contributed by atoms with Gasteiger partial charge in [-0.15, -0.1) is 0 Å². The Bertz CT molecular complexity index is 739. The summed E-state index contributed by atoms with van der Waals surface area (Å²) in [6.45, 7) is 3.39. The molecule has 9 nitrogen and oxygen atoms in total. The zero-order valence-corrected chi connectivity index (χ0v) is 16.3. The first-order valence-corrected chi connectivity index (χ1v) is 8.15. The minimum Gasteiger partial charge on any atom is -0.495 e. The van der Waals surface area contributed by atoms with E-state index in [9.17, 15) is 4.79 Å². The van der Waals surface area contributed by atoms with Gasteiger partial charge in [-0.3, -0.25) is 10.9 Å². The molecule has 142 valence electrons. The molecule has 1 rings (SSSR count). The molecular weight excluding hydrogens is 382 g/mol. The summed E-state index contributed by atoms with van der Waals surface area (Å²) in [5.74, 6) is 0.132. The predicted octanol–water partition coefficient (Wildman–Crippen LogP) is 1.90. The van der Waals surface area contributed by atoms with E-state index in [4.69, 9.17) is 31.5 Å². The van der Waals surface area contributed by atoms with Crippen molar-refractivity contribution in [1.82, 2.24) is 5.43 Å². The van der Waals surface area contributed by atoms with Gasteiger partial charge < -0.3 is 19.9 Å². The number of nitrogens with zero attached hydrogens (tertiary/aromatic N) is 2. The zero-order valence-electron chi connectivity index (χ0n) is 14.8. The van der Waals surface area contributed by atoms with E-state index in [2.05, 4.69) is 33.3 Å². The summed E-state index contributed by atoms with van der Waals surface area (Å²) >= 11 is 10.7. The number of anilines is 1. The molecular formula is C15H20ClN5O4S. The van der Waals surface area contributed by atoms with E-state index in [0.29, 0.717) is 22.2 Å². The number of ether oxygens (including phenoxy) is 3. The number of methoxy groups -OCH3 is 2. The van der Waals surface area contributed by atoms with Crippen LogP contribution in [0.1, 0.15) is 13.8 Å². The number of carbonyl (C=O) groups is 1. The van der Waals surface area contributed by atoms with E-state index >= 15 is 0 Å².